The topological polar surface area (TPSA) is 21.3 Å². The number of nitrogens with one attached hydrogen (secondary N) is 1. The van der Waals surface area contributed by atoms with Gasteiger partial charge in [-0.2, -0.15) is 0 Å². The van der Waals surface area contributed by atoms with Crippen LogP contribution in [0.4, 0.5) is 5.69 Å². The van der Waals surface area contributed by atoms with Gasteiger partial charge in [0.15, 0.2) is 0 Å². The van der Waals surface area contributed by atoms with E-state index in [1.54, 1.807) is 7.11 Å². The molecular weight excluding hydrogens is 234 g/mol. The van der Waals surface area contributed by atoms with Gasteiger partial charge in [0, 0.05) is 23.9 Å². The Kier molecular flexibility index (Phi) is 4.30. The van der Waals surface area contributed by atoms with Gasteiger partial charge < -0.3 is 10.1 Å². The summed E-state index contributed by atoms with van der Waals surface area (Å²) in [4.78, 5) is 0. The maximum absolute atomic E-state index is 6.02. The van der Waals surface area contributed by atoms with E-state index in [4.69, 9.17) is 16.3 Å². The monoisotopic (exact) mass is 253 g/mol. The van der Waals surface area contributed by atoms with Gasteiger partial charge in [-0.1, -0.05) is 17.7 Å². The summed E-state index contributed by atoms with van der Waals surface area (Å²) in [7, 11) is 1.81. The molecule has 1 aliphatic carbocycles. The van der Waals surface area contributed by atoms with Crippen LogP contribution in [0.3, 0.4) is 0 Å². The van der Waals surface area contributed by atoms with Crippen LogP contribution in [0.5, 0.6) is 0 Å². The fraction of sp³-hybridized carbons (Fsp3) is 0.571. The van der Waals surface area contributed by atoms with Gasteiger partial charge in [-0.25, -0.2) is 0 Å². The minimum Gasteiger partial charge on any atom is -0.382 e. The van der Waals surface area contributed by atoms with Crippen LogP contribution >= 0.6 is 11.6 Å². The second kappa shape index (κ2) is 5.74. The van der Waals surface area contributed by atoms with Crippen molar-refractivity contribution in [1.82, 2.24) is 0 Å². The lowest BCUT2D eigenvalue weighted by Crippen LogP contribution is -2.29. The van der Waals surface area contributed by atoms with E-state index >= 15 is 0 Å². The van der Waals surface area contributed by atoms with Gasteiger partial charge >= 0.3 is 0 Å². The molecule has 17 heavy (non-hydrogen) atoms. The first-order chi connectivity index (χ1) is 8.19. The normalized spacial score (nSPS) is 24.6. The molecule has 1 saturated carbocycles. The molecule has 1 aliphatic rings. The Bertz CT molecular complexity index is 372. The Balaban J connectivity index is 1.95. The number of hydrogen-bond acceptors (Lipinski definition) is 2. The molecule has 94 valence electrons. The first-order valence-corrected chi connectivity index (χ1v) is 6.62. The second-order valence-corrected chi connectivity index (χ2v) is 5.25. The third kappa shape index (κ3) is 3.36. The second-order valence-electron chi connectivity index (χ2n) is 4.81. The summed E-state index contributed by atoms with van der Waals surface area (Å²) in [5.41, 5.74) is 2.42. The number of hydrogen-bond donors (Lipinski definition) is 1. The van der Waals surface area contributed by atoms with Crippen LogP contribution in [0.2, 0.25) is 5.02 Å². The van der Waals surface area contributed by atoms with Crippen LogP contribution in [-0.4, -0.2) is 19.3 Å². The molecule has 0 unspecified atom stereocenters. The number of ether oxygens (including phenoxy) is 1. The quantitative estimate of drug-likeness (QED) is 0.879. The van der Waals surface area contributed by atoms with E-state index in [1.165, 1.54) is 24.1 Å². The lowest BCUT2D eigenvalue weighted by molar-refractivity contribution is 0.0682. The highest BCUT2D eigenvalue weighted by molar-refractivity contribution is 6.30. The molecule has 0 heterocycles. The molecule has 0 amide bonds. The highest BCUT2D eigenvalue weighted by atomic mass is 35.5. The van der Waals surface area contributed by atoms with Crippen molar-refractivity contribution in [3.05, 3.63) is 28.8 Å². The average Bonchev–Trinajstić information content (AvgIpc) is 2.35. The van der Waals surface area contributed by atoms with Crippen molar-refractivity contribution in [2.45, 2.75) is 44.8 Å². The minimum atomic E-state index is 0.452. The van der Waals surface area contributed by atoms with Gasteiger partial charge in [-0.15, -0.1) is 0 Å². The Hall–Kier alpha value is -0.730. The largest absolute Gasteiger partial charge is 0.382 e. The Morgan fingerprint density at radius 1 is 1.24 bits per heavy atom. The summed E-state index contributed by atoms with van der Waals surface area (Å²) >= 11 is 6.02. The summed E-state index contributed by atoms with van der Waals surface area (Å²) in [6.45, 7) is 2.11. The molecule has 0 aromatic heterocycles. The van der Waals surface area contributed by atoms with Crippen LogP contribution in [-0.2, 0) is 4.74 Å². The lowest BCUT2D eigenvalue weighted by Gasteiger charge is -2.29. The van der Waals surface area contributed by atoms with Crippen LogP contribution in [0.1, 0.15) is 31.2 Å². The van der Waals surface area contributed by atoms with E-state index in [0.717, 1.165) is 17.9 Å². The van der Waals surface area contributed by atoms with Crippen molar-refractivity contribution in [2.75, 3.05) is 12.4 Å². The molecule has 1 N–H and O–H groups in total. The molecule has 1 aromatic carbocycles. The summed E-state index contributed by atoms with van der Waals surface area (Å²) in [5.74, 6) is 0. The van der Waals surface area contributed by atoms with Crippen molar-refractivity contribution >= 4 is 17.3 Å². The standard InChI is InChI=1S/C14H20ClNO/c1-10-3-4-11(15)9-14(10)16-12-5-7-13(17-2)8-6-12/h3-4,9,12-13,16H,5-8H2,1-2H3. The van der Waals surface area contributed by atoms with Crippen molar-refractivity contribution in [3.8, 4) is 0 Å². The molecule has 0 saturated heterocycles. The molecule has 0 spiro atoms. The predicted octanol–water partition coefficient (Wildman–Crippen LogP) is 4.02. The molecule has 1 aromatic rings. The molecule has 0 bridgehead atoms. The van der Waals surface area contributed by atoms with Crippen molar-refractivity contribution in [3.63, 3.8) is 0 Å². The third-order valence-electron chi connectivity index (χ3n) is 3.57. The summed E-state index contributed by atoms with van der Waals surface area (Å²) in [6.07, 6.45) is 5.09. The number of methoxy groups -OCH3 is 1. The van der Waals surface area contributed by atoms with Crippen molar-refractivity contribution in [1.29, 1.82) is 0 Å². The summed E-state index contributed by atoms with van der Waals surface area (Å²) < 4.78 is 5.38. The van der Waals surface area contributed by atoms with Gasteiger partial charge in [0.05, 0.1) is 6.10 Å². The molecule has 1 fully saturated rings. The van der Waals surface area contributed by atoms with E-state index < -0.39 is 0 Å². The summed E-state index contributed by atoms with van der Waals surface area (Å²) in [6, 6.07) is 6.56. The van der Waals surface area contributed by atoms with Gasteiger partial charge in [-0.05, 0) is 50.3 Å². The van der Waals surface area contributed by atoms with Crippen molar-refractivity contribution in [2.24, 2.45) is 0 Å². The molecule has 3 heteroatoms. The highest BCUT2D eigenvalue weighted by Gasteiger charge is 2.20. The lowest BCUT2D eigenvalue weighted by atomic mass is 9.92. The fourth-order valence-electron chi connectivity index (χ4n) is 2.41. The van der Waals surface area contributed by atoms with Gasteiger partial charge in [-0.3, -0.25) is 0 Å². The molecule has 2 nitrogen and oxygen atoms in total. The van der Waals surface area contributed by atoms with Gasteiger partial charge in [0.1, 0.15) is 0 Å². The zero-order valence-corrected chi connectivity index (χ0v) is 11.3. The fourth-order valence-corrected chi connectivity index (χ4v) is 2.58. The van der Waals surface area contributed by atoms with Crippen molar-refractivity contribution < 1.29 is 4.74 Å². The first kappa shape index (κ1) is 12.7. The van der Waals surface area contributed by atoms with Crippen LogP contribution in [0, 0.1) is 6.92 Å². The minimum absolute atomic E-state index is 0.452. The Morgan fingerprint density at radius 3 is 2.59 bits per heavy atom. The molecule has 0 aliphatic heterocycles. The SMILES string of the molecule is COC1CCC(Nc2cc(Cl)ccc2C)CC1. The van der Waals surface area contributed by atoms with Crippen LogP contribution in [0.15, 0.2) is 18.2 Å². The zero-order chi connectivity index (χ0) is 12.3. The number of benzene rings is 1. The highest BCUT2D eigenvalue weighted by Crippen LogP contribution is 2.26. The van der Waals surface area contributed by atoms with E-state index in [2.05, 4.69) is 18.3 Å². The molecular formula is C14H20ClNO. The zero-order valence-electron chi connectivity index (χ0n) is 10.5. The Morgan fingerprint density at radius 2 is 1.94 bits per heavy atom. The number of halogens is 1. The van der Waals surface area contributed by atoms with Crippen LogP contribution in [0.25, 0.3) is 0 Å². The van der Waals surface area contributed by atoms with Gasteiger partial charge in [0.2, 0.25) is 0 Å². The molecule has 2 rings (SSSR count). The number of aryl methyl sites for hydroxylation is 1. The van der Waals surface area contributed by atoms with Crippen LogP contribution < -0.4 is 5.32 Å². The number of anilines is 1. The Labute approximate surface area is 108 Å². The molecule has 0 radical (unpaired) electrons. The number of rotatable bonds is 3. The van der Waals surface area contributed by atoms with Gasteiger partial charge in [0.25, 0.3) is 0 Å². The smallest absolute Gasteiger partial charge is 0.0572 e. The third-order valence-corrected chi connectivity index (χ3v) is 3.80. The average molecular weight is 254 g/mol. The van der Waals surface area contributed by atoms with E-state index in [9.17, 15) is 0 Å². The van der Waals surface area contributed by atoms with E-state index in [1.807, 2.05) is 12.1 Å². The maximum atomic E-state index is 6.02. The maximum Gasteiger partial charge on any atom is 0.0572 e. The predicted molar refractivity (Wildman–Crippen MR) is 72.9 cm³/mol. The van der Waals surface area contributed by atoms with E-state index in [0.29, 0.717) is 12.1 Å². The van der Waals surface area contributed by atoms with E-state index in [-0.39, 0.29) is 0 Å². The first-order valence-electron chi connectivity index (χ1n) is 6.24. The molecule has 0 atom stereocenters. The summed E-state index contributed by atoms with van der Waals surface area (Å²) in [5, 5.41) is 4.39.